The predicted octanol–water partition coefficient (Wildman–Crippen LogP) is 2.87. The van der Waals surface area contributed by atoms with E-state index < -0.39 is 21.8 Å². The summed E-state index contributed by atoms with van der Waals surface area (Å²) in [6.07, 6.45) is 0.620. The van der Waals surface area contributed by atoms with Gasteiger partial charge in [-0.25, -0.2) is 12.7 Å². The number of halogens is 1. The van der Waals surface area contributed by atoms with Gasteiger partial charge in [-0.1, -0.05) is 18.5 Å². The first kappa shape index (κ1) is 22.4. The molecule has 0 N–H and O–H groups in total. The van der Waals surface area contributed by atoms with Gasteiger partial charge in [0.1, 0.15) is 0 Å². The summed E-state index contributed by atoms with van der Waals surface area (Å²) in [5.74, 6) is -0.542. The number of ether oxygens (including phenoxy) is 2. The number of benzene rings is 2. The molecule has 10 heteroatoms. The van der Waals surface area contributed by atoms with Gasteiger partial charge in [-0.15, -0.1) is 0 Å². The van der Waals surface area contributed by atoms with E-state index in [-0.39, 0.29) is 27.9 Å². The zero-order valence-electron chi connectivity index (χ0n) is 17.9. The highest BCUT2D eigenvalue weighted by Crippen LogP contribution is 2.35. The Morgan fingerprint density at radius 1 is 1.09 bits per heavy atom. The molecule has 2 amide bonds. The van der Waals surface area contributed by atoms with Crippen LogP contribution >= 0.6 is 11.6 Å². The van der Waals surface area contributed by atoms with E-state index >= 15 is 0 Å². The second-order valence-corrected chi connectivity index (χ2v) is 10.2. The van der Waals surface area contributed by atoms with Crippen LogP contribution in [0.25, 0.3) is 0 Å². The Balaban J connectivity index is 1.65. The molecule has 1 unspecified atom stereocenters. The van der Waals surface area contributed by atoms with Crippen molar-refractivity contribution < 1.29 is 27.5 Å². The third kappa shape index (κ3) is 3.80. The molecule has 2 aliphatic heterocycles. The Hall–Kier alpha value is -2.78. The quantitative estimate of drug-likeness (QED) is 0.670. The SMILES string of the molecule is COc1cc2c(cc1OC)CN(C(=O)c1cc(N3C(=O)C(C)CS3(=O)=O)ccc1Cl)CC2. The molecule has 2 heterocycles. The second kappa shape index (κ2) is 8.29. The van der Waals surface area contributed by atoms with Crippen molar-refractivity contribution in [1.82, 2.24) is 4.90 Å². The molecule has 0 spiro atoms. The standard InChI is InChI=1S/C22H23ClN2O6S/c1-13-12-32(28,29)25(21(13)26)16-4-5-18(23)17(10-16)22(27)24-7-6-14-8-19(30-2)20(31-3)9-15(14)11-24/h4-5,8-10,13H,6-7,11-12H2,1-3H3. The number of amides is 2. The molecule has 1 fully saturated rings. The van der Waals surface area contributed by atoms with Gasteiger partial charge in [0.2, 0.25) is 15.9 Å². The molecule has 0 saturated carbocycles. The molecule has 8 nitrogen and oxygen atoms in total. The van der Waals surface area contributed by atoms with Crippen molar-refractivity contribution in [2.75, 3.05) is 30.8 Å². The molecule has 2 aliphatic rings. The summed E-state index contributed by atoms with van der Waals surface area (Å²) >= 11 is 6.30. The van der Waals surface area contributed by atoms with Crippen LogP contribution in [-0.2, 0) is 27.8 Å². The maximum absolute atomic E-state index is 13.3. The van der Waals surface area contributed by atoms with Crippen molar-refractivity contribution in [2.45, 2.75) is 19.9 Å². The van der Waals surface area contributed by atoms with E-state index in [4.69, 9.17) is 21.1 Å². The Morgan fingerprint density at radius 2 is 1.75 bits per heavy atom. The summed E-state index contributed by atoms with van der Waals surface area (Å²) < 4.78 is 36.4. The normalized spacial score (nSPS) is 19.6. The lowest BCUT2D eigenvalue weighted by Gasteiger charge is -2.30. The minimum Gasteiger partial charge on any atom is -0.493 e. The fraction of sp³-hybridized carbons (Fsp3) is 0.364. The van der Waals surface area contributed by atoms with Crippen molar-refractivity contribution in [2.24, 2.45) is 5.92 Å². The molecule has 1 saturated heterocycles. The number of rotatable bonds is 4. The molecular weight excluding hydrogens is 456 g/mol. The fourth-order valence-corrected chi connectivity index (χ4v) is 6.13. The highest BCUT2D eigenvalue weighted by molar-refractivity contribution is 7.94. The minimum atomic E-state index is -3.78. The van der Waals surface area contributed by atoms with Crippen LogP contribution in [0.15, 0.2) is 30.3 Å². The van der Waals surface area contributed by atoms with Crippen LogP contribution in [-0.4, -0.2) is 51.6 Å². The van der Waals surface area contributed by atoms with Crippen LogP contribution in [0.2, 0.25) is 5.02 Å². The van der Waals surface area contributed by atoms with E-state index in [9.17, 15) is 18.0 Å². The van der Waals surface area contributed by atoms with Crippen LogP contribution in [0.1, 0.15) is 28.4 Å². The largest absolute Gasteiger partial charge is 0.493 e. The number of anilines is 1. The summed E-state index contributed by atoms with van der Waals surface area (Å²) in [4.78, 5) is 27.4. The molecule has 0 aromatic heterocycles. The first-order chi connectivity index (χ1) is 15.2. The topological polar surface area (TPSA) is 93.2 Å². The first-order valence-corrected chi connectivity index (χ1v) is 12.0. The first-order valence-electron chi connectivity index (χ1n) is 10.1. The summed E-state index contributed by atoms with van der Waals surface area (Å²) in [6.45, 7) is 2.36. The Bertz CT molecular complexity index is 1210. The molecule has 0 aliphatic carbocycles. The highest BCUT2D eigenvalue weighted by Gasteiger charge is 2.42. The molecule has 2 aromatic rings. The van der Waals surface area contributed by atoms with Crippen molar-refractivity contribution in [3.05, 3.63) is 52.0 Å². The van der Waals surface area contributed by atoms with E-state index in [0.29, 0.717) is 31.0 Å². The number of carbonyl (C=O) groups is 2. The smallest absolute Gasteiger partial charge is 0.255 e. The predicted molar refractivity (Wildman–Crippen MR) is 120 cm³/mol. The van der Waals surface area contributed by atoms with E-state index in [0.717, 1.165) is 15.4 Å². The van der Waals surface area contributed by atoms with Crippen molar-refractivity contribution in [3.8, 4) is 11.5 Å². The highest BCUT2D eigenvalue weighted by atomic mass is 35.5. The molecule has 0 bridgehead atoms. The zero-order chi connectivity index (χ0) is 23.2. The number of nitrogens with zero attached hydrogens (tertiary/aromatic N) is 2. The summed E-state index contributed by atoms with van der Waals surface area (Å²) in [5, 5.41) is 0.189. The lowest BCUT2D eigenvalue weighted by Crippen LogP contribution is -2.36. The van der Waals surface area contributed by atoms with Gasteiger partial charge < -0.3 is 14.4 Å². The number of sulfonamides is 1. The third-order valence-corrected chi connectivity index (χ3v) is 7.98. The fourth-order valence-electron chi connectivity index (χ4n) is 4.12. The Kier molecular flexibility index (Phi) is 5.81. The summed E-state index contributed by atoms with van der Waals surface area (Å²) in [5.41, 5.74) is 2.27. The minimum absolute atomic E-state index is 0.121. The molecule has 2 aromatic carbocycles. The van der Waals surface area contributed by atoms with Crippen LogP contribution in [0.4, 0.5) is 5.69 Å². The number of fused-ring (bicyclic) bond motifs is 1. The zero-order valence-corrected chi connectivity index (χ0v) is 19.5. The average Bonchev–Trinajstić information content (AvgIpc) is 2.98. The van der Waals surface area contributed by atoms with Crippen LogP contribution in [0.3, 0.4) is 0 Å². The van der Waals surface area contributed by atoms with Crippen molar-refractivity contribution in [1.29, 1.82) is 0 Å². The molecule has 1 atom stereocenters. The number of hydrogen-bond donors (Lipinski definition) is 0. The van der Waals surface area contributed by atoms with E-state index in [2.05, 4.69) is 0 Å². The molecule has 0 radical (unpaired) electrons. The van der Waals surface area contributed by atoms with Gasteiger partial charge in [0.15, 0.2) is 11.5 Å². The third-order valence-electron chi connectivity index (χ3n) is 5.78. The van der Waals surface area contributed by atoms with E-state index in [1.165, 1.54) is 18.2 Å². The molecule has 32 heavy (non-hydrogen) atoms. The van der Waals surface area contributed by atoms with E-state index in [1.54, 1.807) is 26.0 Å². The van der Waals surface area contributed by atoms with Crippen molar-refractivity contribution in [3.63, 3.8) is 0 Å². The summed E-state index contributed by atoms with van der Waals surface area (Å²) in [6, 6.07) is 8.02. The van der Waals surface area contributed by atoms with E-state index in [1.807, 2.05) is 12.1 Å². The van der Waals surface area contributed by atoms with Gasteiger partial charge in [0.25, 0.3) is 5.91 Å². The molecular formula is C22H23ClN2O6S. The number of hydrogen-bond acceptors (Lipinski definition) is 6. The second-order valence-electron chi connectivity index (χ2n) is 7.90. The van der Waals surface area contributed by atoms with Gasteiger partial charge in [-0.05, 0) is 47.9 Å². The monoisotopic (exact) mass is 478 g/mol. The molecule has 4 rings (SSSR count). The maximum atomic E-state index is 13.3. The van der Waals surface area contributed by atoms with Gasteiger partial charge in [0.05, 0.1) is 42.2 Å². The maximum Gasteiger partial charge on any atom is 0.255 e. The van der Waals surface area contributed by atoms with Gasteiger partial charge in [-0.3, -0.25) is 9.59 Å². The van der Waals surface area contributed by atoms with Crippen LogP contribution in [0.5, 0.6) is 11.5 Å². The van der Waals surface area contributed by atoms with Crippen LogP contribution in [0, 0.1) is 5.92 Å². The molecule has 170 valence electrons. The number of methoxy groups -OCH3 is 2. The average molecular weight is 479 g/mol. The van der Waals surface area contributed by atoms with Crippen LogP contribution < -0.4 is 13.8 Å². The lowest BCUT2D eigenvalue weighted by molar-refractivity contribution is -0.119. The lowest BCUT2D eigenvalue weighted by atomic mass is 9.98. The van der Waals surface area contributed by atoms with Gasteiger partial charge in [0, 0.05) is 13.1 Å². The summed E-state index contributed by atoms with van der Waals surface area (Å²) in [7, 11) is -0.658. The Morgan fingerprint density at radius 3 is 2.34 bits per heavy atom. The number of carbonyl (C=O) groups excluding carboxylic acids is 2. The van der Waals surface area contributed by atoms with Crippen molar-refractivity contribution >= 4 is 39.1 Å². The van der Waals surface area contributed by atoms with Gasteiger partial charge >= 0.3 is 0 Å². The van der Waals surface area contributed by atoms with Gasteiger partial charge in [-0.2, -0.15) is 0 Å². The Labute approximate surface area is 191 Å².